The highest BCUT2D eigenvalue weighted by molar-refractivity contribution is 5.88. The van der Waals surface area contributed by atoms with Gasteiger partial charge in [-0.2, -0.15) is 0 Å². The Balaban J connectivity index is 1.94. The number of benzene rings is 3. The van der Waals surface area contributed by atoms with Crippen LogP contribution in [0.1, 0.15) is 42.0 Å². The molecule has 2 amide bonds. The SMILES string of the molecule is CCCCNC(=O)[C@@H](Cc1ccccc1)N(Cc1ccccc1F)C(=O)Cc1ccc(C)cc1. The van der Waals surface area contributed by atoms with Gasteiger partial charge in [0.05, 0.1) is 6.42 Å². The molecule has 0 aliphatic rings. The van der Waals surface area contributed by atoms with Gasteiger partial charge in [0.15, 0.2) is 0 Å². The molecule has 1 N–H and O–H groups in total. The van der Waals surface area contributed by atoms with Gasteiger partial charge in [0.25, 0.3) is 0 Å². The predicted molar refractivity (Wildman–Crippen MR) is 134 cm³/mol. The molecule has 0 aliphatic carbocycles. The molecule has 0 fully saturated rings. The predicted octanol–water partition coefficient (Wildman–Crippen LogP) is 5.23. The van der Waals surface area contributed by atoms with Crippen LogP contribution >= 0.6 is 0 Å². The summed E-state index contributed by atoms with van der Waals surface area (Å²) < 4.78 is 14.6. The van der Waals surface area contributed by atoms with E-state index in [1.54, 1.807) is 18.2 Å². The minimum atomic E-state index is -0.753. The van der Waals surface area contributed by atoms with E-state index in [0.29, 0.717) is 18.5 Å². The fraction of sp³-hybridized carbons (Fsp3) is 0.310. The quantitative estimate of drug-likeness (QED) is 0.398. The second-order valence-corrected chi connectivity index (χ2v) is 8.63. The van der Waals surface area contributed by atoms with Crippen LogP contribution in [0.4, 0.5) is 4.39 Å². The van der Waals surface area contributed by atoms with Crippen LogP contribution in [-0.2, 0) is 29.0 Å². The lowest BCUT2D eigenvalue weighted by Gasteiger charge is -2.32. The van der Waals surface area contributed by atoms with Crippen LogP contribution in [0.3, 0.4) is 0 Å². The lowest BCUT2D eigenvalue weighted by atomic mass is 10.0. The van der Waals surface area contributed by atoms with E-state index in [-0.39, 0.29) is 30.6 Å². The number of nitrogens with one attached hydrogen (secondary N) is 1. The number of hydrogen-bond acceptors (Lipinski definition) is 2. The highest BCUT2D eigenvalue weighted by Gasteiger charge is 2.30. The van der Waals surface area contributed by atoms with Crippen LogP contribution in [0.5, 0.6) is 0 Å². The maximum Gasteiger partial charge on any atom is 0.243 e. The van der Waals surface area contributed by atoms with Crippen molar-refractivity contribution >= 4 is 11.8 Å². The molecule has 34 heavy (non-hydrogen) atoms. The van der Waals surface area contributed by atoms with Gasteiger partial charge in [0.1, 0.15) is 11.9 Å². The molecule has 3 aromatic rings. The third-order valence-electron chi connectivity index (χ3n) is 5.88. The van der Waals surface area contributed by atoms with Crippen molar-refractivity contribution < 1.29 is 14.0 Å². The number of carbonyl (C=O) groups is 2. The molecule has 4 nitrogen and oxygen atoms in total. The first-order valence-electron chi connectivity index (χ1n) is 11.9. The lowest BCUT2D eigenvalue weighted by molar-refractivity contribution is -0.140. The lowest BCUT2D eigenvalue weighted by Crippen LogP contribution is -2.51. The van der Waals surface area contributed by atoms with Crippen LogP contribution in [0, 0.1) is 12.7 Å². The topological polar surface area (TPSA) is 49.4 Å². The van der Waals surface area contributed by atoms with Crippen molar-refractivity contribution in [1.29, 1.82) is 0 Å². The largest absolute Gasteiger partial charge is 0.354 e. The standard InChI is InChI=1S/C29H33FN2O2/c1-3-4-18-31-29(34)27(19-23-10-6-5-7-11-23)32(21-25-12-8-9-13-26(25)30)28(33)20-24-16-14-22(2)15-17-24/h5-17,27H,3-4,18-21H2,1-2H3,(H,31,34)/t27-/m1/s1. The van der Waals surface area contributed by atoms with Gasteiger partial charge in [-0.3, -0.25) is 9.59 Å². The van der Waals surface area contributed by atoms with E-state index in [2.05, 4.69) is 12.2 Å². The van der Waals surface area contributed by atoms with Gasteiger partial charge >= 0.3 is 0 Å². The molecule has 1 atom stereocenters. The van der Waals surface area contributed by atoms with Crippen molar-refractivity contribution in [3.05, 3.63) is 107 Å². The van der Waals surface area contributed by atoms with Gasteiger partial charge in [0, 0.05) is 25.1 Å². The van der Waals surface area contributed by atoms with Crippen LogP contribution < -0.4 is 5.32 Å². The van der Waals surface area contributed by atoms with Crippen LogP contribution in [0.15, 0.2) is 78.9 Å². The summed E-state index contributed by atoms with van der Waals surface area (Å²) >= 11 is 0. The molecular formula is C29H33FN2O2. The maximum absolute atomic E-state index is 14.6. The number of rotatable bonds is 11. The summed E-state index contributed by atoms with van der Waals surface area (Å²) in [6.07, 6.45) is 2.30. The summed E-state index contributed by atoms with van der Waals surface area (Å²) in [6, 6.07) is 23.0. The molecule has 0 aliphatic heterocycles. The third kappa shape index (κ3) is 7.27. The van der Waals surface area contributed by atoms with E-state index >= 15 is 0 Å². The summed E-state index contributed by atoms with van der Waals surface area (Å²) in [4.78, 5) is 28.5. The highest BCUT2D eigenvalue weighted by atomic mass is 19.1. The minimum absolute atomic E-state index is 0.0239. The molecule has 0 radical (unpaired) electrons. The molecule has 3 rings (SSSR count). The van der Waals surface area contributed by atoms with E-state index in [0.717, 1.165) is 29.5 Å². The second kappa shape index (κ2) is 12.7. The van der Waals surface area contributed by atoms with Crippen LogP contribution in [-0.4, -0.2) is 29.3 Å². The number of aryl methyl sites for hydroxylation is 1. The zero-order valence-corrected chi connectivity index (χ0v) is 20.0. The van der Waals surface area contributed by atoms with Gasteiger partial charge < -0.3 is 10.2 Å². The average molecular weight is 461 g/mol. The highest BCUT2D eigenvalue weighted by Crippen LogP contribution is 2.18. The van der Waals surface area contributed by atoms with E-state index in [4.69, 9.17) is 0 Å². The van der Waals surface area contributed by atoms with E-state index in [1.807, 2.05) is 61.5 Å². The molecule has 0 saturated carbocycles. The summed E-state index contributed by atoms with van der Waals surface area (Å²) in [7, 11) is 0. The van der Waals surface area contributed by atoms with Crippen LogP contribution in [0.2, 0.25) is 0 Å². The molecule has 5 heteroatoms. The fourth-order valence-electron chi connectivity index (χ4n) is 3.85. The summed E-state index contributed by atoms with van der Waals surface area (Å²) in [5.74, 6) is -0.815. The number of unbranched alkanes of at least 4 members (excludes halogenated alkanes) is 1. The minimum Gasteiger partial charge on any atom is -0.354 e. The molecule has 0 heterocycles. The monoisotopic (exact) mass is 460 g/mol. The van der Waals surface area contributed by atoms with Crippen molar-refractivity contribution in [2.75, 3.05) is 6.54 Å². The van der Waals surface area contributed by atoms with Gasteiger partial charge in [-0.05, 0) is 30.5 Å². The number of halogens is 1. The number of nitrogens with zero attached hydrogens (tertiary/aromatic N) is 1. The second-order valence-electron chi connectivity index (χ2n) is 8.63. The molecule has 0 aromatic heterocycles. The van der Waals surface area contributed by atoms with Crippen molar-refractivity contribution in [3.8, 4) is 0 Å². The van der Waals surface area contributed by atoms with Crippen LogP contribution in [0.25, 0.3) is 0 Å². The zero-order chi connectivity index (χ0) is 24.3. The Morgan fingerprint density at radius 3 is 2.26 bits per heavy atom. The Kier molecular flexibility index (Phi) is 9.39. The Morgan fingerprint density at radius 1 is 0.912 bits per heavy atom. The summed E-state index contributed by atoms with van der Waals surface area (Å²) in [5, 5.41) is 2.98. The van der Waals surface area contributed by atoms with E-state index in [9.17, 15) is 14.0 Å². The number of hydrogen-bond donors (Lipinski definition) is 1. The molecule has 3 aromatic carbocycles. The number of carbonyl (C=O) groups excluding carboxylic acids is 2. The first-order chi connectivity index (χ1) is 16.5. The van der Waals surface area contributed by atoms with Crippen molar-refractivity contribution in [3.63, 3.8) is 0 Å². The molecule has 178 valence electrons. The fourth-order valence-corrected chi connectivity index (χ4v) is 3.85. The maximum atomic E-state index is 14.6. The Morgan fingerprint density at radius 2 is 1.59 bits per heavy atom. The van der Waals surface area contributed by atoms with Crippen molar-refractivity contribution in [2.45, 2.75) is 52.1 Å². The Bertz CT molecular complexity index is 1070. The van der Waals surface area contributed by atoms with E-state index in [1.165, 1.54) is 11.0 Å². The Hall–Kier alpha value is -3.47. The van der Waals surface area contributed by atoms with Crippen molar-refractivity contribution in [2.24, 2.45) is 0 Å². The molecule has 0 unspecified atom stereocenters. The molecule has 0 bridgehead atoms. The molecular weight excluding hydrogens is 427 g/mol. The first-order valence-corrected chi connectivity index (χ1v) is 11.9. The van der Waals surface area contributed by atoms with Gasteiger partial charge in [-0.15, -0.1) is 0 Å². The van der Waals surface area contributed by atoms with Crippen molar-refractivity contribution in [1.82, 2.24) is 10.2 Å². The smallest absolute Gasteiger partial charge is 0.243 e. The summed E-state index contributed by atoms with van der Waals surface area (Å²) in [6.45, 7) is 4.62. The van der Waals surface area contributed by atoms with Gasteiger partial charge in [-0.25, -0.2) is 4.39 Å². The Labute approximate surface area is 201 Å². The van der Waals surface area contributed by atoms with Gasteiger partial charge in [-0.1, -0.05) is 91.7 Å². The third-order valence-corrected chi connectivity index (χ3v) is 5.88. The van der Waals surface area contributed by atoms with E-state index < -0.39 is 6.04 Å². The zero-order valence-electron chi connectivity index (χ0n) is 20.0. The molecule has 0 spiro atoms. The average Bonchev–Trinajstić information content (AvgIpc) is 2.84. The normalized spacial score (nSPS) is 11.6. The first kappa shape index (κ1) is 25.2. The van der Waals surface area contributed by atoms with Gasteiger partial charge in [0.2, 0.25) is 11.8 Å². The molecule has 0 saturated heterocycles. The number of amides is 2. The summed E-state index contributed by atoms with van der Waals surface area (Å²) in [5.41, 5.74) is 3.30.